The number of esters is 1. The fourth-order valence-corrected chi connectivity index (χ4v) is 2.32. The van der Waals surface area contributed by atoms with E-state index in [9.17, 15) is 9.59 Å². The molecule has 0 aliphatic carbocycles. The van der Waals surface area contributed by atoms with Crippen LogP contribution >= 0.6 is 11.8 Å². The van der Waals surface area contributed by atoms with Crippen LogP contribution in [0, 0.1) is 0 Å². The number of hydrogen-bond donors (Lipinski definition) is 2. The zero-order chi connectivity index (χ0) is 14.5. The fourth-order valence-electron chi connectivity index (χ4n) is 1.47. The molecule has 1 aromatic carbocycles. The molecule has 0 amide bonds. The molecule has 2 aromatic rings. The zero-order valence-electron chi connectivity index (χ0n) is 10.8. The number of carbonyl (C=O) groups is 1. The summed E-state index contributed by atoms with van der Waals surface area (Å²) in [5, 5.41) is 0.408. The second-order valence-electron chi connectivity index (χ2n) is 3.81. The molecule has 0 aliphatic rings. The molecule has 0 unspecified atom stereocenters. The predicted octanol–water partition coefficient (Wildman–Crippen LogP) is 1.68. The topological polar surface area (TPSA) is 98.1 Å². The number of benzene rings is 1. The summed E-state index contributed by atoms with van der Waals surface area (Å²) in [4.78, 5) is 30.1. The zero-order valence-corrected chi connectivity index (χ0v) is 11.6. The average molecular weight is 291 g/mol. The Kier molecular flexibility index (Phi) is 4.41. The van der Waals surface area contributed by atoms with E-state index in [0.29, 0.717) is 27.9 Å². The largest absolute Gasteiger partial charge is 0.462 e. The number of aromatic amines is 1. The molecule has 7 heteroatoms. The van der Waals surface area contributed by atoms with E-state index < -0.39 is 5.97 Å². The number of nitrogens with zero attached hydrogens (tertiary/aromatic N) is 1. The van der Waals surface area contributed by atoms with Gasteiger partial charge in [-0.25, -0.2) is 9.78 Å². The minimum absolute atomic E-state index is 0.248. The van der Waals surface area contributed by atoms with Gasteiger partial charge in [-0.05, 0) is 36.9 Å². The first-order valence-corrected chi connectivity index (χ1v) is 6.71. The quantitative estimate of drug-likeness (QED) is 0.505. The van der Waals surface area contributed by atoms with Gasteiger partial charge in [0.15, 0.2) is 5.16 Å². The van der Waals surface area contributed by atoms with E-state index in [4.69, 9.17) is 10.5 Å². The summed E-state index contributed by atoms with van der Waals surface area (Å²) >= 11 is 1.18. The maximum atomic E-state index is 11.7. The van der Waals surface area contributed by atoms with E-state index in [1.165, 1.54) is 24.0 Å². The lowest BCUT2D eigenvalue weighted by atomic mass is 10.2. The van der Waals surface area contributed by atoms with E-state index in [1.807, 2.05) is 0 Å². The van der Waals surface area contributed by atoms with Gasteiger partial charge < -0.3 is 15.5 Å². The summed E-state index contributed by atoms with van der Waals surface area (Å²) in [6.07, 6.45) is 1.41. The SMILES string of the molecule is CCOC(=O)c1ccc(N)c(Sc2nccc(=O)[nH]2)c1. The van der Waals surface area contributed by atoms with Crippen LogP contribution in [-0.2, 0) is 4.74 Å². The standard InChI is InChI=1S/C13H13N3O3S/c1-2-19-12(18)8-3-4-9(14)10(7-8)20-13-15-6-5-11(17)16-13/h3-7H,2,14H2,1H3,(H,15,16,17). The summed E-state index contributed by atoms with van der Waals surface area (Å²) < 4.78 is 4.93. The van der Waals surface area contributed by atoms with Crippen LogP contribution in [0.2, 0.25) is 0 Å². The monoisotopic (exact) mass is 291 g/mol. The second kappa shape index (κ2) is 6.25. The van der Waals surface area contributed by atoms with Crippen LogP contribution in [0.15, 0.2) is 45.3 Å². The first-order valence-electron chi connectivity index (χ1n) is 5.90. The molecule has 0 saturated heterocycles. The maximum absolute atomic E-state index is 11.7. The first-order chi connectivity index (χ1) is 9.60. The van der Waals surface area contributed by atoms with E-state index in [1.54, 1.807) is 25.1 Å². The Hall–Kier alpha value is -2.28. The molecular weight excluding hydrogens is 278 g/mol. The lowest BCUT2D eigenvalue weighted by molar-refractivity contribution is 0.0526. The van der Waals surface area contributed by atoms with Crippen LogP contribution in [0.25, 0.3) is 0 Å². The minimum atomic E-state index is -0.413. The molecule has 6 nitrogen and oxygen atoms in total. The van der Waals surface area contributed by atoms with Crippen molar-refractivity contribution in [1.29, 1.82) is 0 Å². The van der Waals surface area contributed by atoms with Gasteiger partial charge >= 0.3 is 5.97 Å². The van der Waals surface area contributed by atoms with Crippen LogP contribution in [-0.4, -0.2) is 22.5 Å². The lowest BCUT2D eigenvalue weighted by Gasteiger charge is -2.07. The first kappa shape index (κ1) is 14.1. The molecule has 0 saturated carbocycles. The summed E-state index contributed by atoms with van der Waals surface area (Å²) in [6.45, 7) is 2.04. The van der Waals surface area contributed by atoms with Gasteiger partial charge in [0.25, 0.3) is 5.56 Å². The highest BCUT2D eigenvalue weighted by Gasteiger charge is 2.11. The number of nitrogens with two attached hydrogens (primary N) is 1. The van der Waals surface area contributed by atoms with Gasteiger partial charge in [-0.2, -0.15) is 0 Å². The molecule has 0 aliphatic heterocycles. The van der Waals surface area contributed by atoms with Gasteiger partial charge in [-0.15, -0.1) is 0 Å². The third kappa shape index (κ3) is 3.39. The van der Waals surface area contributed by atoms with Crippen molar-refractivity contribution in [2.45, 2.75) is 17.0 Å². The van der Waals surface area contributed by atoms with E-state index in [0.717, 1.165) is 0 Å². The Morgan fingerprint density at radius 3 is 2.95 bits per heavy atom. The van der Waals surface area contributed by atoms with Gasteiger partial charge in [0.1, 0.15) is 0 Å². The van der Waals surface area contributed by atoms with Gasteiger partial charge in [-0.1, -0.05) is 0 Å². The van der Waals surface area contributed by atoms with Crippen molar-refractivity contribution < 1.29 is 9.53 Å². The maximum Gasteiger partial charge on any atom is 0.338 e. The Balaban J connectivity index is 2.29. The van der Waals surface area contributed by atoms with Gasteiger partial charge in [0.2, 0.25) is 0 Å². The molecule has 1 aromatic heterocycles. The van der Waals surface area contributed by atoms with E-state index in [-0.39, 0.29) is 5.56 Å². The number of nitrogens with one attached hydrogen (secondary N) is 1. The molecule has 0 bridgehead atoms. The van der Waals surface area contributed by atoms with Crippen LogP contribution in [0.5, 0.6) is 0 Å². The van der Waals surface area contributed by atoms with Crippen molar-refractivity contribution in [3.05, 3.63) is 46.4 Å². The summed E-state index contributed by atoms with van der Waals surface area (Å²) in [7, 11) is 0. The van der Waals surface area contributed by atoms with Crippen LogP contribution in [0.4, 0.5) is 5.69 Å². The van der Waals surface area contributed by atoms with Crippen LogP contribution < -0.4 is 11.3 Å². The number of ether oxygens (including phenoxy) is 1. The fraction of sp³-hybridized carbons (Fsp3) is 0.154. The van der Waals surface area contributed by atoms with Gasteiger partial charge in [-0.3, -0.25) is 4.79 Å². The van der Waals surface area contributed by atoms with Gasteiger partial charge in [0, 0.05) is 22.8 Å². The average Bonchev–Trinajstić information content (AvgIpc) is 2.41. The molecule has 104 valence electrons. The summed E-state index contributed by atoms with van der Waals surface area (Å²) in [5.74, 6) is -0.413. The summed E-state index contributed by atoms with van der Waals surface area (Å²) in [6, 6.07) is 6.15. The summed E-state index contributed by atoms with van der Waals surface area (Å²) in [5.41, 5.74) is 6.51. The Morgan fingerprint density at radius 2 is 2.25 bits per heavy atom. The second-order valence-corrected chi connectivity index (χ2v) is 4.85. The van der Waals surface area contributed by atoms with Crippen LogP contribution in [0.1, 0.15) is 17.3 Å². The molecule has 3 N–H and O–H groups in total. The Morgan fingerprint density at radius 1 is 1.45 bits per heavy atom. The number of hydrogen-bond acceptors (Lipinski definition) is 6. The molecule has 0 spiro atoms. The predicted molar refractivity (Wildman–Crippen MR) is 75.8 cm³/mol. The van der Waals surface area contributed by atoms with Crippen molar-refractivity contribution in [2.24, 2.45) is 0 Å². The molecule has 0 radical (unpaired) electrons. The highest BCUT2D eigenvalue weighted by atomic mass is 32.2. The smallest absolute Gasteiger partial charge is 0.338 e. The Labute approximate surface area is 119 Å². The van der Waals surface area contributed by atoms with E-state index >= 15 is 0 Å². The molecule has 0 fully saturated rings. The number of rotatable bonds is 4. The normalized spacial score (nSPS) is 10.2. The molecule has 20 heavy (non-hydrogen) atoms. The number of H-pyrrole nitrogens is 1. The molecule has 0 atom stereocenters. The lowest BCUT2D eigenvalue weighted by Crippen LogP contribution is -2.06. The number of nitrogen functional groups attached to an aromatic ring is 1. The third-order valence-corrected chi connectivity index (χ3v) is 3.35. The number of carbonyl (C=O) groups excluding carboxylic acids is 1. The minimum Gasteiger partial charge on any atom is -0.462 e. The number of aromatic nitrogens is 2. The van der Waals surface area contributed by atoms with Crippen molar-refractivity contribution in [1.82, 2.24) is 9.97 Å². The van der Waals surface area contributed by atoms with E-state index in [2.05, 4.69) is 9.97 Å². The molecule has 1 heterocycles. The molecule has 2 rings (SSSR count). The van der Waals surface area contributed by atoms with Crippen molar-refractivity contribution in [3.8, 4) is 0 Å². The van der Waals surface area contributed by atoms with Crippen LogP contribution in [0.3, 0.4) is 0 Å². The number of anilines is 1. The van der Waals surface area contributed by atoms with Gasteiger partial charge in [0.05, 0.1) is 12.2 Å². The van der Waals surface area contributed by atoms with Crippen molar-refractivity contribution >= 4 is 23.4 Å². The van der Waals surface area contributed by atoms with Crippen molar-refractivity contribution in [3.63, 3.8) is 0 Å². The third-order valence-electron chi connectivity index (χ3n) is 2.38. The Bertz CT molecular complexity index is 685. The highest BCUT2D eigenvalue weighted by molar-refractivity contribution is 7.99. The molecular formula is C13H13N3O3S. The van der Waals surface area contributed by atoms with Crippen molar-refractivity contribution in [2.75, 3.05) is 12.3 Å². The highest BCUT2D eigenvalue weighted by Crippen LogP contribution is 2.30.